The first-order valence-corrected chi connectivity index (χ1v) is 14.0. The Labute approximate surface area is 203 Å². The maximum atomic E-state index is 12.6. The summed E-state index contributed by atoms with van der Waals surface area (Å²) in [6, 6.07) is 9.49. The molecular formula is C29H50N2O2. The van der Waals surface area contributed by atoms with Gasteiger partial charge in [-0.1, -0.05) is 114 Å². The molecule has 1 heterocycles. The highest BCUT2D eigenvalue weighted by Gasteiger charge is 2.26. The van der Waals surface area contributed by atoms with Crippen LogP contribution in [0, 0.1) is 0 Å². The molecule has 2 rings (SSSR count). The van der Waals surface area contributed by atoms with Crippen LogP contribution in [0.3, 0.4) is 0 Å². The molecule has 1 saturated heterocycles. The van der Waals surface area contributed by atoms with Crippen LogP contribution in [0.25, 0.3) is 0 Å². The second kappa shape index (κ2) is 18.0. The lowest BCUT2D eigenvalue weighted by atomic mass is 10.0. The van der Waals surface area contributed by atoms with Gasteiger partial charge in [0.05, 0.1) is 6.04 Å². The lowest BCUT2D eigenvalue weighted by Crippen LogP contribution is -2.46. The van der Waals surface area contributed by atoms with Gasteiger partial charge in [-0.05, 0) is 37.9 Å². The van der Waals surface area contributed by atoms with Crippen LogP contribution in [0.1, 0.15) is 121 Å². The third-order valence-electron chi connectivity index (χ3n) is 7.03. The number of amides is 1. The molecule has 1 fully saturated rings. The highest BCUT2D eigenvalue weighted by molar-refractivity contribution is 5.76. The van der Waals surface area contributed by atoms with E-state index in [1.54, 1.807) is 0 Å². The van der Waals surface area contributed by atoms with E-state index in [1.807, 2.05) is 30.3 Å². The molecule has 2 atom stereocenters. The highest BCUT2D eigenvalue weighted by Crippen LogP contribution is 2.20. The maximum Gasteiger partial charge on any atom is 0.220 e. The van der Waals surface area contributed by atoms with Crippen molar-refractivity contribution in [3.8, 4) is 0 Å². The highest BCUT2D eigenvalue weighted by atomic mass is 16.3. The third kappa shape index (κ3) is 12.6. The van der Waals surface area contributed by atoms with Crippen LogP contribution in [0.4, 0.5) is 0 Å². The van der Waals surface area contributed by atoms with Gasteiger partial charge in [-0.3, -0.25) is 4.79 Å². The molecule has 0 aromatic heterocycles. The van der Waals surface area contributed by atoms with Gasteiger partial charge in [-0.25, -0.2) is 0 Å². The lowest BCUT2D eigenvalue weighted by Gasteiger charge is -2.28. The molecule has 188 valence electrons. The Morgan fingerprint density at radius 1 is 0.848 bits per heavy atom. The van der Waals surface area contributed by atoms with Gasteiger partial charge in [0.2, 0.25) is 5.91 Å². The average Bonchev–Trinajstić information content (AvgIpc) is 3.35. The van der Waals surface area contributed by atoms with Crippen molar-refractivity contribution in [1.82, 2.24) is 10.2 Å². The number of rotatable bonds is 19. The zero-order valence-electron chi connectivity index (χ0n) is 21.3. The summed E-state index contributed by atoms with van der Waals surface area (Å²) in [7, 11) is 0. The molecule has 0 saturated carbocycles. The summed E-state index contributed by atoms with van der Waals surface area (Å²) < 4.78 is 0. The van der Waals surface area contributed by atoms with Crippen molar-refractivity contribution in [1.29, 1.82) is 0 Å². The Bertz CT molecular complexity index is 601. The van der Waals surface area contributed by atoms with E-state index in [0.717, 1.165) is 38.0 Å². The van der Waals surface area contributed by atoms with Gasteiger partial charge in [0.25, 0.3) is 0 Å². The number of likely N-dealkylation sites (tertiary alicyclic amines) is 1. The number of aliphatic hydroxyl groups is 1. The van der Waals surface area contributed by atoms with Gasteiger partial charge in [-0.2, -0.15) is 0 Å². The van der Waals surface area contributed by atoms with Crippen LogP contribution in [-0.2, 0) is 4.79 Å². The third-order valence-corrected chi connectivity index (χ3v) is 7.03. The number of carbonyl (C=O) groups excluding carboxylic acids is 1. The minimum absolute atomic E-state index is 0.0808. The Morgan fingerprint density at radius 3 is 1.91 bits per heavy atom. The number of hydrogen-bond donors (Lipinski definition) is 2. The van der Waals surface area contributed by atoms with Crippen molar-refractivity contribution in [3.63, 3.8) is 0 Å². The monoisotopic (exact) mass is 458 g/mol. The van der Waals surface area contributed by atoms with E-state index in [0.29, 0.717) is 6.42 Å². The molecule has 1 aliphatic heterocycles. The van der Waals surface area contributed by atoms with E-state index in [9.17, 15) is 9.90 Å². The fourth-order valence-electron chi connectivity index (χ4n) is 4.93. The van der Waals surface area contributed by atoms with Crippen LogP contribution in [-0.4, -0.2) is 41.6 Å². The summed E-state index contributed by atoms with van der Waals surface area (Å²) in [5.74, 6) is 0.0808. The van der Waals surface area contributed by atoms with Gasteiger partial charge < -0.3 is 15.3 Å². The molecule has 0 aliphatic carbocycles. The summed E-state index contributed by atoms with van der Waals surface area (Å²) in [4.78, 5) is 15.0. The lowest BCUT2D eigenvalue weighted by molar-refractivity contribution is -0.123. The predicted molar refractivity (Wildman–Crippen MR) is 139 cm³/mol. The van der Waals surface area contributed by atoms with Gasteiger partial charge in [0, 0.05) is 13.0 Å². The van der Waals surface area contributed by atoms with Crippen molar-refractivity contribution < 1.29 is 9.90 Å². The van der Waals surface area contributed by atoms with Crippen LogP contribution < -0.4 is 5.32 Å². The molecule has 33 heavy (non-hydrogen) atoms. The standard InChI is InChI=1S/C29H50N2O2/c1-2-3-4-5-6-7-8-9-10-11-12-13-17-22-28(32)30-27(25-31-23-18-19-24-31)29(33)26-20-15-14-16-21-26/h14-16,20-21,27,29,33H,2-13,17-19,22-25H2,1H3,(H,30,32)/t27-,29-/m0/s1. The molecule has 1 aromatic rings. The van der Waals surface area contributed by atoms with Crippen molar-refractivity contribution in [3.05, 3.63) is 35.9 Å². The van der Waals surface area contributed by atoms with E-state index in [2.05, 4.69) is 17.1 Å². The predicted octanol–water partition coefficient (Wildman–Crippen LogP) is 6.78. The molecule has 1 aliphatic rings. The fourth-order valence-corrected chi connectivity index (χ4v) is 4.93. The summed E-state index contributed by atoms with van der Waals surface area (Å²) in [5.41, 5.74) is 0.878. The Hall–Kier alpha value is -1.39. The van der Waals surface area contributed by atoms with Crippen LogP contribution >= 0.6 is 0 Å². The van der Waals surface area contributed by atoms with Crippen molar-refractivity contribution in [2.75, 3.05) is 19.6 Å². The van der Waals surface area contributed by atoms with Crippen LogP contribution in [0.5, 0.6) is 0 Å². The molecule has 0 spiro atoms. The number of aliphatic hydroxyl groups excluding tert-OH is 1. The van der Waals surface area contributed by atoms with E-state index >= 15 is 0 Å². The van der Waals surface area contributed by atoms with Crippen molar-refractivity contribution in [2.45, 2.75) is 122 Å². The normalized spacial score (nSPS) is 16.1. The number of hydrogen-bond acceptors (Lipinski definition) is 3. The van der Waals surface area contributed by atoms with Crippen LogP contribution in [0.2, 0.25) is 0 Å². The molecular weight excluding hydrogens is 408 g/mol. The number of nitrogens with zero attached hydrogens (tertiary/aromatic N) is 1. The average molecular weight is 459 g/mol. The topological polar surface area (TPSA) is 52.6 Å². The molecule has 1 aromatic carbocycles. The molecule has 0 radical (unpaired) electrons. The Balaban J connectivity index is 1.56. The first-order valence-electron chi connectivity index (χ1n) is 14.0. The number of carbonyl (C=O) groups is 1. The fraction of sp³-hybridized carbons (Fsp3) is 0.759. The molecule has 4 nitrogen and oxygen atoms in total. The number of nitrogens with one attached hydrogen (secondary N) is 1. The smallest absolute Gasteiger partial charge is 0.220 e. The Kier molecular flexibility index (Phi) is 15.2. The number of benzene rings is 1. The molecule has 1 amide bonds. The first-order chi connectivity index (χ1) is 16.2. The largest absolute Gasteiger partial charge is 0.386 e. The summed E-state index contributed by atoms with van der Waals surface area (Å²) in [6.45, 7) is 5.12. The second-order valence-electron chi connectivity index (χ2n) is 10.0. The first kappa shape index (κ1) is 27.9. The van der Waals surface area contributed by atoms with E-state index in [-0.39, 0.29) is 11.9 Å². The summed E-state index contributed by atoms with van der Waals surface area (Å²) in [5, 5.41) is 14.1. The van der Waals surface area contributed by atoms with E-state index < -0.39 is 6.10 Å². The SMILES string of the molecule is CCCCCCCCCCCCCCCC(=O)N[C@@H](CN1CCCC1)[C@@H](O)c1ccccc1. The van der Waals surface area contributed by atoms with E-state index in [1.165, 1.54) is 83.5 Å². The quantitative estimate of drug-likeness (QED) is 0.225. The second-order valence-corrected chi connectivity index (χ2v) is 10.0. The van der Waals surface area contributed by atoms with Gasteiger partial charge >= 0.3 is 0 Å². The van der Waals surface area contributed by atoms with Gasteiger partial charge in [-0.15, -0.1) is 0 Å². The molecule has 0 bridgehead atoms. The minimum atomic E-state index is -0.664. The van der Waals surface area contributed by atoms with Gasteiger partial charge in [0.1, 0.15) is 6.10 Å². The number of unbranched alkanes of at least 4 members (excludes halogenated alkanes) is 12. The molecule has 2 N–H and O–H groups in total. The zero-order valence-corrected chi connectivity index (χ0v) is 21.3. The zero-order chi connectivity index (χ0) is 23.6. The van der Waals surface area contributed by atoms with Gasteiger partial charge in [0.15, 0.2) is 0 Å². The van der Waals surface area contributed by atoms with Crippen LogP contribution in [0.15, 0.2) is 30.3 Å². The maximum absolute atomic E-state index is 12.6. The minimum Gasteiger partial charge on any atom is -0.386 e. The summed E-state index contributed by atoms with van der Waals surface area (Å²) >= 11 is 0. The Morgan fingerprint density at radius 2 is 1.36 bits per heavy atom. The van der Waals surface area contributed by atoms with E-state index in [4.69, 9.17) is 0 Å². The summed E-state index contributed by atoms with van der Waals surface area (Å²) in [6.07, 6.45) is 19.4. The molecule has 0 unspecified atom stereocenters. The van der Waals surface area contributed by atoms with Crippen molar-refractivity contribution >= 4 is 5.91 Å². The molecule has 4 heteroatoms. The van der Waals surface area contributed by atoms with Crippen molar-refractivity contribution in [2.24, 2.45) is 0 Å².